The molecule has 2 heterocycles. The maximum atomic E-state index is 7.41. The van der Waals surface area contributed by atoms with Crippen molar-refractivity contribution in [3.63, 3.8) is 0 Å². The van der Waals surface area contributed by atoms with Crippen LogP contribution in [0.2, 0.25) is 0 Å². The SMILES string of the molecule is N=c1ccc2[nH]c3ccccc3c2o1. The second kappa shape index (κ2) is 2.48. The summed E-state index contributed by atoms with van der Waals surface area (Å²) in [5, 5.41) is 8.44. The van der Waals surface area contributed by atoms with Crippen molar-refractivity contribution in [2.24, 2.45) is 0 Å². The van der Waals surface area contributed by atoms with Gasteiger partial charge in [0.25, 0.3) is 0 Å². The fourth-order valence-electron chi connectivity index (χ4n) is 1.67. The van der Waals surface area contributed by atoms with Crippen molar-refractivity contribution in [3.8, 4) is 0 Å². The van der Waals surface area contributed by atoms with Crippen LogP contribution in [0.15, 0.2) is 40.8 Å². The van der Waals surface area contributed by atoms with Gasteiger partial charge in [-0.25, -0.2) is 0 Å². The maximum absolute atomic E-state index is 7.41. The number of hydrogen-bond donors (Lipinski definition) is 2. The number of rotatable bonds is 0. The highest BCUT2D eigenvalue weighted by Gasteiger charge is 2.04. The van der Waals surface area contributed by atoms with E-state index in [1.54, 1.807) is 6.07 Å². The van der Waals surface area contributed by atoms with Crippen molar-refractivity contribution in [1.29, 1.82) is 5.41 Å². The number of benzene rings is 1. The minimum Gasteiger partial charge on any atom is -0.437 e. The number of fused-ring (bicyclic) bond motifs is 3. The Hall–Kier alpha value is -2.03. The smallest absolute Gasteiger partial charge is 0.212 e. The van der Waals surface area contributed by atoms with Crippen molar-refractivity contribution in [2.45, 2.75) is 0 Å². The molecular weight excluding hydrogens is 176 g/mol. The molecule has 2 aromatic heterocycles. The van der Waals surface area contributed by atoms with Crippen LogP contribution in [0.5, 0.6) is 0 Å². The molecule has 0 radical (unpaired) electrons. The Morgan fingerprint density at radius 1 is 1.00 bits per heavy atom. The highest BCUT2D eigenvalue weighted by molar-refractivity contribution is 6.03. The third-order valence-corrected chi connectivity index (χ3v) is 2.30. The third kappa shape index (κ3) is 0.893. The van der Waals surface area contributed by atoms with E-state index in [2.05, 4.69) is 4.98 Å². The van der Waals surface area contributed by atoms with Gasteiger partial charge in [-0.1, -0.05) is 12.1 Å². The molecule has 0 atom stereocenters. The van der Waals surface area contributed by atoms with Crippen molar-refractivity contribution in [3.05, 3.63) is 42.0 Å². The molecule has 3 rings (SSSR count). The molecule has 2 N–H and O–H groups in total. The summed E-state index contributed by atoms with van der Waals surface area (Å²) in [6.07, 6.45) is 0. The molecule has 0 saturated heterocycles. The van der Waals surface area contributed by atoms with Crippen molar-refractivity contribution in [1.82, 2.24) is 4.98 Å². The highest BCUT2D eigenvalue weighted by Crippen LogP contribution is 2.22. The molecule has 0 saturated carbocycles. The maximum Gasteiger partial charge on any atom is 0.212 e. The number of nitrogens with one attached hydrogen (secondary N) is 2. The van der Waals surface area contributed by atoms with E-state index in [9.17, 15) is 0 Å². The molecule has 0 unspecified atom stereocenters. The molecule has 3 aromatic rings. The van der Waals surface area contributed by atoms with Gasteiger partial charge in [0.15, 0.2) is 5.58 Å². The number of hydrogen-bond acceptors (Lipinski definition) is 2. The third-order valence-electron chi connectivity index (χ3n) is 2.30. The zero-order valence-electron chi connectivity index (χ0n) is 7.37. The fraction of sp³-hybridized carbons (Fsp3) is 0. The molecule has 0 bridgehead atoms. The van der Waals surface area contributed by atoms with Gasteiger partial charge in [-0.15, -0.1) is 0 Å². The van der Waals surface area contributed by atoms with Crippen LogP contribution in [-0.2, 0) is 0 Å². The largest absolute Gasteiger partial charge is 0.437 e. The van der Waals surface area contributed by atoms with E-state index in [4.69, 9.17) is 9.83 Å². The average Bonchev–Trinajstić information content (AvgIpc) is 2.56. The molecule has 0 aliphatic carbocycles. The molecule has 1 aromatic carbocycles. The van der Waals surface area contributed by atoms with E-state index in [0.717, 1.165) is 22.0 Å². The van der Waals surface area contributed by atoms with Crippen molar-refractivity contribution in [2.75, 3.05) is 0 Å². The molecule has 0 amide bonds. The Labute approximate surface area is 79.5 Å². The molecule has 0 aliphatic rings. The number of para-hydroxylation sites is 1. The summed E-state index contributed by atoms with van der Waals surface area (Å²) in [4.78, 5) is 3.23. The standard InChI is InChI=1S/C11H8N2O/c12-10-6-5-9-11(14-10)7-3-1-2-4-8(7)13-9/h1-6,12-13H. The van der Waals surface area contributed by atoms with Gasteiger partial charge in [-0.2, -0.15) is 0 Å². The van der Waals surface area contributed by atoms with E-state index >= 15 is 0 Å². The van der Waals surface area contributed by atoms with Gasteiger partial charge < -0.3 is 9.40 Å². The van der Waals surface area contributed by atoms with Crippen LogP contribution >= 0.6 is 0 Å². The van der Waals surface area contributed by atoms with Gasteiger partial charge in [0.2, 0.25) is 5.55 Å². The van der Waals surface area contributed by atoms with Crippen LogP contribution in [0.25, 0.3) is 22.0 Å². The highest BCUT2D eigenvalue weighted by atomic mass is 16.3. The summed E-state index contributed by atoms with van der Waals surface area (Å²) in [5.41, 5.74) is 2.91. The lowest BCUT2D eigenvalue weighted by Gasteiger charge is -1.88. The second-order valence-electron chi connectivity index (χ2n) is 3.21. The van der Waals surface area contributed by atoms with E-state index in [1.165, 1.54) is 0 Å². The molecule has 0 fully saturated rings. The molecule has 3 nitrogen and oxygen atoms in total. The first kappa shape index (κ1) is 7.38. The van der Waals surface area contributed by atoms with E-state index in [1.807, 2.05) is 30.3 Å². The first-order valence-electron chi connectivity index (χ1n) is 4.40. The molecular formula is C11H8N2O. The van der Waals surface area contributed by atoms with E-state index in [0.29, 0.717) is 0 Å². The second-order valence-corrected chi connectivity index (χ2v) is 3.21. The normalized spacial score (nSPS) is 11.1. The summed E-state index contributed by atoms with van der Waals surface area (Å²) < 4.78 is 5.35. The van der Waals surface area contributed by atoms with Gasteiger partial charge in [0, 0.05) is 17.0 Å². The Bertz CT molecular complexity index is 663. The van der Waals surface area contributed by atoms with Crippen molar-refractivity contribution >= 4 is 22.0 Å². The molecule has 3 heteroatoms. The van der Waals surface area contributed by atoms with E-state index < -0.39 is 0 Å². The Morgan fingerprint density at radius 3 is 2.79 bits per heavy atom. The predicted octanol–water partition coefficient (Wildman–Crippen LogP) is 2.39. The Kier molecular flexibility index (Phi) is 1.31. The summed E-state index contributed by atoms with van der Waals surface area (Å²) in [7, 11) is 0. The molecule has 14 heavy (non-hydrogen) atoms. The van der Waals surface area contributed by atoms with Gasteiger partial charge in [-0.05, 0) is 18.2 Å². The number of aromatic amines is 1. The lowest BCUT2D eigenvalue weighted by atomic mass is 10.2. The van der Waals surface area contributed by atoms with Crippen LogP contribution in [0.1, 0.15) is 0 Å². The van der Waals surface area contributed by atoms with Crippen LogP contribution in [0.3, 0.4) is 0 Å². The summed E-state index contributed by atoms with van der Waals surface area (Å²) in [5.74, 6) is 0. The van der Waals surface area contributed by atoms with Crippen LogP contribution < -0.4 is 5.55 Å². The summed E-state index contributed by atoms with van der Waals surface area (Å²) >= 11 is 0. The van der Waals surface area contributed by atoms with Crippen LogP contribution in [0, 0.1) is 5.41 Å². The summed E-state index contributed by atoms with van der Waals surface area (Å²) in [6, 6.07) is 11.4. The topological polar surface area (TPSA) is 52.8 Å². The first-order chi connectivity index (χ1) is 6.84. The van der Waals surface area contributed by atoms with Gasteiger partial charge in [0.1, 0.15) is 0 Å². The minimum atomic E-state index is 0.183. The Balaban J connectivity index is 2.65. The Morgan fingerprint density at radius 2 is 1.86 bits per heavy atom. The van der Waals surface area contributed by atoms with Gasteiger partial charge in [-0.3, -0.25) is 5.41 Å². The lowest BCUT2D eigenvalue weighted by molar-refractivity contribution is 0.536. The monoisotopic (exact) mass is 184 g/mol. The van der Waals surface area contributed by atoms with Gasteiger partial charge >= 0.3 is 0 Å². The fourth-order valence-corrected chi connectivity index (χ4v) is 1.67. The van der Waals surface area contributed by atoms with Crippen molar-refractivity contribution < 1.29 is 4.42 Å². The molecule has 0 spiro atoms. The molecule has 68 valence electrons. The molecule has 0 aliphatic heterocycles. The number of aromatic nitrogens is 1. The van der Waals surface area contributed by atoms with E-state index in [-0.39, 0.29) is 5.55 Å². The zero-order valence-corrected chi connectivity index (χ0v) is 7.37. The van der Waals surface area contributed by atoms with Crippen LogP contribution in [-0.4, -0.2) is 4.98 Å². The zero-order chi connectivity index (χ0) is 9.54. The quantitative estimate of drug-likeness (QED) is 0.553. The minimum absolute atomic E-state index is 0.183. The number of H-pyrrole nitrogens is 1. The average molecular weight is 184 g/mol. The predicted molar refractivity (Wildman–Crippen MR) is 53.9 cm³/mol. The van der Waals surface area contributed by atoms with Gasteiger partial charge in [0.05, 0.1) is 5.52 Å². The summed E-state index contributed by atoms with van der Waals surface area (Å²) in [6.45, 7) is 0. The first-order valence-corrected chi connectivity index (χ1v) is 4.40. The van der Waals surface area contributed by atoms with Crippen LogP contribution in [0.4, 0.5) is 0 Å². The lowest BCUT2D eigenvalue weighted by Crippen LogP contribution is -1.93.